The zero-order valence-corrected chi connectivity index (χ0v) is 13.1. The van der Waals surface area contributed by atoms with Gasteiger partial charge in [-0.15, -0.1) is 0 Å². The van der Waals surface area contributed by atoms with Crippen molar-refractivity contribution in [2.45, 2.75) is 25.4 Å². The first-order chi connectivity index (χ1) is 10.2. The number of nitrogens with one attached hydrogen (secondary N) is 1. The molecule has 21 heavy (non-hydrogen) atoms. The molecule has 1 atom stereocenters. The number of rotatable bonds is 6. The third kappa shape index (κ3) is 3.22. The van der Waals surface area contributed by atoms with Crippen LogP contribution in [-0.2, 0) is 13.6 Å². The van der Waals surface area contributed by atoms with Gasteiger partial charge in [0.1, 0.15) is 11.6 Å². The lowest BCUT2D eigenvalue weighted by Crippen LogP contribution is -2.25. The molecule has 1 aromatic carbocycles. The van der Waals surface area contributed by atoms with Gasteiger partial charge in [0.15, 0.2) is 0 Å². The highest BCUT2D eigenvalue weighted by atomic mass is 35.5. The van der Waals surface area contributed by atoms with Gasteiger partial charge in [0, 0.05) is 36.6 Å². The third-order valence-electron chi connectivity index (χ3n) is 3.98. The lowest BCUT2D eigenvalue weighted by Gasteiger charge is -2.19. The summed E-state index contributed by atoms with van der Waals surface area (Å²) < 4.78 is 7.49. The fourth-order valence-corrected chi connectivity index (χ4v) is 2.88. The Morgan fingerprint density at radius 1 is 1.48 bits per heavy atom. The molecule has 0 radical (unpaired) electrons. The molecule has 4 nitrogen and oxygen atoms in total. The van der Waals surface area contributed by atoms with Gasteiger partial charge in [-0.1, -0.05) is 11.6 Å². The number of nitrogens with zero attached hydrogens (tertiary/aromatic N) is 2. The molecule has 1 aromatic heterocycles. The van der Waals surface area contributed by atoms with E-state index in [1.54, 1.807) is 7.11 Å². The Balaban J connectivity index is 1.76. The highest BCUT2D eigenvalue weighted by Gasteiger charge is 2.34. The van der Waals surface area contributed by atoms with Gasteiger partial charge in [0.25, 0.3) is 0 Å². The van der Waals surface area contributed by atoms with E-state index in [1.807, 2.05) is 37.6 Å². The van der Waals surface area contributed by atoms with Crippen LogP contribution in [0.2, 0.25) is 5.02 Å². The van der Waals surface area contributed by atoms with Crippen LogP contribution in [0.5, 0.6) is 5.75 Å². The highest BCUT2D eigenvalue weighted by molar-refractivity contribution is 6.30. The predicted octanol–water partition coefficient (Wildman–Crippen LogP) is 3.32. The minimum Gasteiger partial charge on any atom is -0.496 e. The van der Waals surface area contributed by atoms with Crippen molar-refractivity contribution in [3.8, 4) is 5.75 Å². The average molecular weight is 306 g/mol. The SMILES string of the molecule is COc1ccc(Cl)cc1CN[C@@H](c1nccn1C)C1CC1. The molecule has 0 unspecified atom stereocenters. The van der Waals surface area contributed by atoms with Crippen LogP contribution < -0.4 is 10.1 Å². The number of methoxy groups -OCH3 is 1. The molecule has 3 rings (SSSR count). The number of imidazole rings is 1. The van der Waals surface area contributed by atoms with Gasteiger partial charge in [0.2, 0.25) is 0 Å². The van der Waals surface area contributed by atoms with E-state index in [9.17, 15) is 0 Å². The predicted molar refractivity (Wildman–Crippen MR) is 83.5 cm³/mol. The first-order valence-electron chi connectivity index (χ1n) is 7.22. The van der Waals surface area contributed by atoms with Crippen LogP contribution in [0.15, 0.2) is 30.6 Å². The van der Waals surface area contributed by atoms with Gasteiger partial charge >= 0.3 is 0 Å². The molecule has 5 heteroatoms. The normalized spacial score (nSPS) is 16.0. The third-order valence-corrected chi connectivity index (χ3v) is 4.22. The van der Waals surface area contributed by atoms with Gasteiger partial charge in [0.05, 0.1) is 13.2 Å². The quantitative estimate of drug-likeness (QED) is 0.890. The van der Waals surface area contributed by atoms with Crippen LogP contribution in [0.4, 0.5) is 0 Å². The number of aryl methyl sites for hydroxylation is 1. The van der Waals surface area contributed by atoms with Crippen molar-refractivity contribution in [1.82, 2.24) is 14.9 Å². The molecule has 1 heterocycles. The zero-order valence-electron chi connectivity index (χ0n) is 12.3. The molecular weight excluding hydrogens is 286 g/mol. The van der Waals surface area contributed by atoms with Gasteiger partial charge in [-0.2, -0.15) is 0 Å². The Morgan fingerprint density at radius 3 is 2.90 bits per heavy atom. The summed E-state index contributed by atoms with van der Waals surface area (Å²) in [6.45, 7) is 0.720. The average Bonchev–Trinajstić information content (AvgIpc) is 3.22. The lowest BCUT2D eigenvalue weighted by molar-refractivity contribution is 0.399. The zero-order chi connectivity index (χ0) is 14.8. The van der Waals surface area contributed by atoms with E-state index in [0.29, 0.717) is 5.92 Å². The summed E-state index contributed by atoms with van der Waals surface area (Å²) in [7, 11) is 3.73. The maximum Gasteiger partial charge on any atom is 0.125 e. The van der Waals surface area contributed by atoms with E-state index in [1.165, 1.54) is 12.8 Å². The van der Waals surface area contributed by atoms with Gasteiger partial charge < -0.3 is 14.6 Å². The van der Waals surface area contributed by atoms with Crippen molar-refractivity contribution in [2.24, 2.45) is 13.0 Å². The topological polar surface area (TPSA) is 39.1 Å². The Hall–Kier alpha value is -1.52. The molecule has 1 aliphatic carbocycles. The van der Waals surface area contributed by atoms with Crippen molar-refractivity contribution in [3.05, 3.63) is 47.0 Å². The highest BCUT2D eigenvalue weighted by Crippen LogP contribution is 2.40. The smallest absolute Gasteiger partial charge is 0.125 e. The number of halogens is 1. The van der Waals surface area contributed by atoms with Gasteiger partial charge in [-0.05, 0) is 37.0 Å². The van der Waals surface area contributed by atoms with Crippen LogP contribution in [-0.4, -0.2) is 16.7 Å². The summed E-state index contributed by atoms with van der Waals surface area (Å²) in [5.41, 5.74) is 1.07. The summed E-state index contributed by atoms with van der Waals surface area (Å²) in [5, 5.41) is 4.35. The van der Waals surface area contributed by atoms with E-state index >= 15 is 0 Å². The molecule has 112 valence electrons. The van der Waals surface area contributed by atoms with E-state index in [-0.39, 0.29) is 6.04 Å². The Morgan fingerprint density at radius 2 is 2.29 bits per heavy atom. The fourth-order valence-electron chi connectivity index (χ4n) is 2.68. The molecule has 0 aliphatic heterocycles. The molecule has 0 spiro atoms. The molecule has 1 saturated carbocycles. The molecule has 0 amide bonds. The Bertz CT molecular complexity index is 622. The van der Waals surface area contributed by atoms with E-state index in [4.69, 9.17) is 16.3 Å². The number of hydrogen-bond acceptors (Lipinski definition) is 3. The summed E-state index contributed by atoms with van der Waals surface area (Å²) in [4.78, 5) is 4.49. The van der Waals surface area contributed by atoms with Gasteiger partial charge in [-0.3, -0.25) is 0 Å². The van der Waals surface area contributed by atoms with Crippen LogP contribution in [0.1, 0.15) is 30.3 Å². The van der Waals surface area contributed by atoms with Crippen molar-refractivity contribution in [3.63, 3.8) is 0 Å². The number of ether oxygens (including phenoxy) is 1. The standard InChI is InChI=1S/C16H20ClN3O/c1-20-8-7-18-16(20)15(11-3-4-11)19-10-12-9-13(17)5-6-14(12)21-2/h5-9,11,15,19H,3-4,10H2,1-2H3/t15-/m1/s1. The number of aromatic nitrogens is 2. The van der Waals surface area contributed by atoms with Crippen molar-refractivity contribution in [2.75, 3.05) is 7.11 Å². The summed E-state index contributed by atoms with van der Waals surface area (Å²) in [6, 6.07) is 6.00. The summed E-state index contributed by atoms with van der Waals surface area (Å²) in [5.74, 6) is 2.64. The summed E-state index contributed by atoms with van der Waals surface area (Å²) >= 11 is 6.09. The van der Waals surface area contributed by atoms with Crippen molar-refractivity contribution >= 4 is 11.6 Å². The Kier molecular flexibility index (Phi) is 4.17. The van der Waals surface area contributed by atoms with E-state index in [0.717, 1.165) is 28.7 Å². The van der Waals surface area contributed by atoms with Crippen LogP contribution in [0.25, 0.3) is 0 Å². The Labute approximate surface area is 130 Å². The van der Waals surface area contributed by atoms with Crippen LogP contribution in [0, 0.1) is 5.92 Å². The molecule has 1 fully saturated rings. The van der Waals surface area contributed by atoms with Crippen molar-refractivity contribution < 1.29 is 4.74 Å². The first kappa shape index (κ1) is 14.4. The molecule has 1 N–H and O–H groups in total. The second-order valence-electron chi connectivity index (χ2n) is 5.55. The maximum atomic E-state index is 6.09. The van der Waals surface area contributed by atoms with E-state index in [2.05, 4.69) is 14.9 Å². The van der Waals surface area contributed by atoms with Gasteiger partial charge in [-0.25, -0.2) is 4.98 Å². The molecule has 0 bridgehead atoms. The monoisotopic (exact) mass is 305 g/mol. The molecular formula is C16H20ClN3O. The molecule has 2 aromatic rings. The largest absolute Gasteiger partial charge is 0.496 e. The second-order valence-corrected chi connectivity index (χ2v) is 5.98. The minimum atomic E-state index is 0.286. The molecule has 0 saturated heterocycles. The first-order valence-corrected chi connectivity index (χ1v) is 7.60. The van der Waals surface area contributed by atoms with Crippen LogP contribution >= 0.6 is 11.6 Å². The van der Waals surface area contributed by atoms with Crippen LogP contribution in [0.3, 0.4) is 0 Å². The maximum absolute atomic E-state index is 6.09. The second kappa shape index (κ2) is 6.08. The lowest BCUT2D eigenvalue weighted by atomic mass is 10.1. The minimum absolute atomic E-state index is 0.286. The van der Waals surface area contributed by atoms with Crippen molar-refractivity contribution in [1.29, 1.82) is 0 Å². The number of benzene rings is 1. The fraction of sp³-hybridized carbons (Fsp3) is 0.438. The van der Waals surface area contributed by atoms with E-state index < -0.39 is 0 Å². The number of hydrogen-bond donors (Lipinski definition) is 1. The molecule has 1 aliphatic rings. The summed E-state index contributed by atoms with van der Waals surface area (Å²) in [6.07, 6.45) is 6.37.